The zero-order chi connectivity index (χ0) is 5.33. The average Bonchev–Trinajstić information content (AvgIpc) is 2.46. The molecule has 0 aromatic rings. The first-order chi connectivity index (χ1) is 3.33. The van der Waals surface area contributed by atoms with Crippen molar-refractivity contribution in [3.63, 3.8) is 0 Å². The summed E-state index contributed by atoms with van der Waals surface area (Å²) in [5.41, 5.74) is 5.13. The molecular weight excluding hydrogens is 114 g/mol. The third-order valence-electron chi connectivity index (χ3n) is 0.830. The van der Waals surface area contributed by atoms with E-state index in [9.17, 15) is 0 Å². The lowest BCUT2D eigenvalue weighted by Gasteiger charge is -1.96. The van der Waals surface area contributed by atoms with Crippen molar-refractivity contribution in [3.8, 4) is 0 Å². The highest BCUT2D eigenvalue weighted by atomic mass is 28.2. The summed E-state index contributed by atoms with van der Waals surface area (Å²) in [6, 6.07) is 0. The Morgan fingerprint density at radius 1 is 1.71 bits per heavy atom. The first-order valence-electron chi connectivity index (χ1n) is 1.95. The summed E-state index contributed by atoms with van der Waals surface area (Å²) < 4.78 is 4.77. The molecule has 1 aliphatic heterocycles. The van der Waals surface area contributed by atoms with Gasteiger partial charge in [0.05, 0.1) is 6.54 Å². The molecule has 0 unspecified atom stereocenters. The first-order valence-corrected chi connectivity index (χ1v) is 2.77. The van der Waals surface area contributed by atoms with E-state index in [1.165, 1.54) is 0 Å². The summed E-state index contributed by atoms with van der Waals surface area (Å²) in [6.07, 6.45) is 0. The van der Waals surface area contributed by atoms with E-state index in [1.807, 2.05) is 0 Å². The number of hydrogen-bond donors (Lipinski definition) is 1. The van der Waals surface area contributed by atoms with Crippen molar-refractivity contribution < 1.29 is 14.2 Å². The van der Waals surface area contributed by atoms with Crippen molar-refractivity contribution in [3.05, 3.63) is 0 Å². The summed E-state index contributed by atoms with van der Waals surface area (Å²) in [5.74, 6) is -0.827. The van der Waals surface area contributed by atoms with E-state index in [0.717, 1.165) is 0 Å². The fourth-order valence-electron chi connectivity index (χ4n) is 0.266. The van der Waals surface area contributed by atoms with E-state index >= 15 is 0 Å². The van der Waals surface area contributed by atoms with Crippen LogP contribution in [0.3, 0.4) is 0 Å². The van der Waals surface area contributed by atoms with Gasteiger partial charge in [0.15, 0.2) is 10.5 Å². The molecular formula is C2H7NO3Si. The Morgan fingerprint density at radius 3 is 2.29 bits per heavy atom. The van der Waals surface area contributed by atoms with Gasteiger partial charge in [-0.25, -0.2) is 0 Å². The monoisotopic (exact) mass is 121 g/mol. The van der Waals surface area contributed by atoms with Gasteiger partial charge in [-0.15, -0.1) is 0 Å². The van der Waals surface area contributed by atoms with E-state index < -0.39 is 5.97 Å². The second kappa shape index (κ2) is 1.53. The lowest BCUT2D eigenvalue weighted by Crippen LogP contribution is -2.25. The molecule has 0 amide bonds. The van der Waals surface area contributed by atoms with Gasteiger partial charge in [0, 0.05) is 0 Å². The Bertz CT molecular complexity index is 67.3. The molecule has 0 saturated carbocycles. The van der Waals surface area contributed by atoms with Crippen LogP contribution in [0.25, 0.3) is 0 Å². The minimum absolute atomic E-state index is 0.274. The topological polar surface area (TPSA) is 60.3 Å². The minimum Gasteiger partial charge on any atom is -0.376 e. The van der Waals surface area contributed by atoms with Gasteiger partial charge in [-0.05, 0) is 0 Å². The SMILES string of the molecule is NCC1(O[SiH3])OO1. The maximum Gasteiger partial charge on any atom is 0.342 e. The highest BCUT2D eigenvalue weighted by Crippen LogP contribution is 2.27. The molecule has 1 heterocycles. The Hall–Kier alpha value is 0.0569. The molecule has 0 bridgehead atoms. The molecule has 0 spiro atoms. The predicted octanol–water partition coefficient (Wildman–Crippen LogP) is -2.14. The van der Waals surface area contributed by atoms with Crippen LogP contribution < -0.4 is 5.73 Å². The fraction of sp³-hybridized carbons (Fsp3) is 1.00. The van der Waals surface area contributed by atoms with Crippen LogP contribution in [0.2, 0.25) is 0 Å². The van der Waals surface area contributed by atoms with Crippen LogP contribution in [0.1, 0.15) is 0 Å². The standard InChI is InChI=1S/C2H7NO3Si/c3-1-2(6-7)4-5-2/h1,3H2,7H3. The Balaban J connectivity index is 2.28. The normalized spacial score (nSPS) is 25.3. The molecule has 0 aromatic carbocycles. The second-order valence-electron chi connectivity index (χ2n) is 1.26. The fourth-order valence-corrected chi connectivity index (χ4v) is 0.569. The molecule has 0 radical (unpaired) electrons. The molecule has 4 nitrogen and oxygen atoms in total. The third kappa shape index (κ3) is 0.815. The molecule has 42 valence electrons. The Kier molecular flexibility index (Phi) is 1.14. The summed E-state index contributed by atoms with van der Waals surface area (Å²) >= 11 is 0. The molecule has 7 heavy (non-hydrogen) atoms. The van der Waals surface area contributed by atoms with Gasteiger partial charge in [-0.1, -0.05) is 0 Å². The van der Waals surface area contributed by atoms with Gasteiger partial charge in [-0.3, -0.25) is 0 Å². The maximum atomic E-state index is 5.13. The number of hydrogen-bond acceptors (Lipinski definition) is 4. The summed E-state index contributed by atoms with van der Waals surface area (Å²) in [4.78, 5) is 8.76. The minimum atomic E-state index is -0.827. The van der Waals surface area contributed by atoms with Crippen LogP contribution in [0.5, 0.6) is 0 Å². The van der Waals surface area contributed by atoms with E-state index in [4.69, 9.17) is 10.2 Å². The van der Waals surface area contributed by atoms with Crippen LogP contribution in [0.15, 0.2) is 0 Å². The smallest absolute Gasteiger partial charge is 0.342 e. The Morgan fingerprint density at radius 2 is 2.29 bits per heavy atom. The summed E-state index contributed by atoms with van der Waals surface area (Å²) in [6.45, 7) is 0.274. The molecule has 0 atom stereocenters. The molecule has 1 saturated heterocycles. The largest absolute Gasteiger partial charge is 0.376 e. The zero-order valence-electron chi connectivity index (χ0n) is 4.01. The molecule has 5 heteroatoms. The lowest BCUT2D eigenvalue weighted by atomic mass is 10.6. The number of nitrogens with two attached hydrogens (primary N) is 1. The van der Waals surface area contributed by atoms with Crippen molar-refractivity contribution in [2.24, 2.45) is 5.73 Å². The van der Waals surface area contributed by atoms with Crippen molar-refractivity contribution in [1.82, 2.24) is 0 Å². The van der Waals surface area contributed by atoms with Crippen LogP contribution in [0, 0.1) is 0 Å². The van der Waals surface area contributed by atoms with E-state index in [2.05, 4.69) is 9.78 Å². The van der Waals surface area contributed by atoms with Gasteiger partial charge in [0.2, 0.25) is 0 Å². The van der Waals surface area contributed by atoms with Crippen molar-refractivity contribution in [2.75, 3.05) is 6.54 Å². The quantitative estimate of drug-likeness (QED) is 0.257. The lowest BCUT2D eigenvalue weighted by molar-refractivity contribution is 0.0797. The highest BCUT2D eigenvalue weighted by molar-refractivity contribution is 5.98. The van der Waals surface area contributed by atoms with Crippen LogP contribution in [0.4, 0.5) is 0 Å². The average molecular weight is 121 g/mol. The van der Waals surface area contributed by atoms with Gasteiger partial charge >= 0.3 is 5.97 Å². The molecule has 0 aromatic heterocycles. The van der Waals surface area contributed by atoms with Gasteiger partial charge < -0.3 is 10.2 Å². The van der Waals surface area contributed by atoms with Crippen LogP contribution in [-0.4, -0.2) is 23.0 Å². The third-order valence-corrected chi connectivity index (χ3v) is 1.45. The zero-order valence-corrected chi connectivity index (χ0v) is 6.01. The van der Waals surface area contributed by atoms with E-state index in [1.54, 1.807) is 0 Å². The maximum absolute atomic E-state index is 5.13. The van der Waals surface area contributed by atoms with Crippen LogP contribution >= 0.6 is 0 Å². The summed E-state index contributed by atoms with van der Waals surface area (Å²) in [7, 11) is 0.590. The Labute approximate surface area is 44.0 Å². The van der Waals surface area contributed by atoms with Crippen LogP contribution in [-0.2, 0) is 14.2 Å². The first kappa shape index (κ1) is 5.20. The molecule has 0 aliphatic carbocycles. The van der Waals surface area contributed by atoms with Gasteiger partial charge in [0.1, 0.15) is 0 Å². The summed E-state index contributed by atoms with van der Waals surface area (Å²) in [5, 5.41) is 0. The van der Waals surface area contributed by atoms with Gasteiger partial charge in [-0.2, -0.15) is 9.78 Å². The predicted molar refractivity (Wildman–Crippen MR) is 25.0 cm³/mol. The van der Waals surface area contributed by atoms with E-state index in [-0.39, 0.29) is 6.54 Å². The number of rotatable bonds is 2. The van der Waals surface area contributed by atoms with Gasteiger partial charge in [0.25, 0.3) is 0 Å². The van der Waals surface area contributed by atoms with Crippen molar-refractivity contribution in [1.29, 1.82) is 0 Å². The molecule has 1 aliphatic rings. The highest BCUT2D eigenvalue weighted by Gasteiger charge is 2.47. The molecule has 2 N–H and O–H groups in total. The van der Waals surface area contributed by atoms with E-state index in [0.29, 0.717) is 10.5 Å². The van der Waals surface area contributed by atoms with Crippen molar-refractivity contribution in [2.45, 2.75) is 5.97 Å². The molecule has 1 fully saturated rings. The second-order valence-corrected chi connectivity index (χ2v) is 1.67. The van der Waals surface area contributed by atoms with Crippen molar-refractivity contribution >= 4 is 10.5 Å². The molecule has 1 rings (SSSR count).